The predicted molar refractivity (Wildman–Crippen MR) is 102 cm³/mol. The zero-order chi connectivity index (χ0) is 18.6. The molecule has 0 N–H and O–H groups in total. The molecule has 1 aromatic heterocycles. The number of halogens is 1. The molecule has 0 aliphatic carbocycles. The van der Waals surface area contributed by atoms with Gasteiger partial charge < -0.3 is 13.9 Å². The van der Waals surface area contributed by atoms with Crippen LogP contribution in [0, 0.1) is 0 Å². The molecule has 0 fully saturated rings. The van der Waals surface area contributed by atoms with Gasteiger partial charge >= 0.3 is 0 Å². The fourth-order valence-corrected chi connectivity index (χ4v) is 3.22. The van der Waals surface area contributed by atoms with Crippen LogP contribution in [0.25, 0.3) is 11.5 Å². The lowest BCUT2D eigenvalue weighted by Crippen LogP contribution is -2.40. The molecule has 4 rings (SSSR count). The Morgan fingerprint density at radius 2 is 1.85 bits per heavy atom. The van der Waals surface area contributed by atoms with E-state index in [0.29, 0.717) is 36.5 Å². The standard InChI is InChI=1S/C20H20ClN3O3/c1-2-24(11-14-13-25-17-9-5-6-10-18(17)26-14)12-19-22-23-20(27-19)15-7-3-4-8-16(15)21/h3-10,14H,2,11-13H2,1H3. The second-order valence-corrected chi connectivity index (χ2v) is 6.71. The lowest BCUT2D eigenvalue weighted by atomic mass is 10.2. The molecule has 0 spiro atoms. The van der Waals surface area contributed by atoms with Crippen LogP contribution in [0.1, 0.15) is 12.8 Å². The highest BCUT2D eigenvalue weighted by Gasteiger charge is 2.23. The maximum Gasteiger partial charge on any atom is 0.249 e. The van der Waals surface area contributed by atoms with Gasteiger partial charge in [0, 0.05) is 6.54 Å². The second kappa shape index (κ2) is 7.98. The van der Waals surface area contributed by atoms with Crippen molar-refractivity contribution in [1.29, 1.82) is 0 Å². The van der Waals surface area contributed by atoms with Crippen molar-refractivity contribution in [2.45, 2.75) is 19.6 Å². The Balaban J connectivity index is 1.41. The van der Waals surface area contributed by atoms with Gasteiger partial charge in [0.1, 0.15) is 12.7 Å². The lowest BCUT2D eigenvalue weighted by Gasteiger charge is -2.30. The highest BCUT2D eigenvalue weighted by molar-refractivity contribution is 6.33. The Morgan fingerprint density at radius 3 is 2.67 bits per heavy atom. The number of hydrogen-bond acceptors (Lipinski definition) is 6. The Hall–Kier alpha value is -2.57. The fourth-order valence-electron chi connectivity index (χ4n) is 3.00. The van der Waals surface area contributed by atoms with Crippen LogP contribution in [-0.2, 0) is 6.54 Å². The van der Waals surface area contributed by atoms with E-state index in [9.17, 15) is 0 Å². The van der Waals surface area contributed by atoms with Gasteiger partial charge in [-0.2, -0.15) is 0 Å². The summed E-state index contributed by atoms with van der Waals surface area (Å²) >= 11 is 6.20. The summed E-state index contributed by atoms with van der Waals surface area (Å²) in [6.07, 6.45) is -0.0502. The van der Waals surface area contributed by atoms with E-state index in [1.165, 1.54) is 0 Å². The molecule has 0 radical (unpaired) electrons. The number of para-hydroxylation sites is 2. The van der Waals surface area contributed by atoms with E-state index >= 15 is 0 Å². The highest BCUT2D eigenvalue weighted by atomic mass is 35.5. The Bertz CT molecular complexity index is 915. The number of nitrogens with zero attached hydrogens (tertiary/aromatic N) is 3. The lowest BCUT2D eigenvalue weighted by molar-refractivity contribution is 0.0558. The molecule has 0 saturated carbocycles. The molecule has 1 unspecified atom stereocenters. The topological polar surface area (TPSA) is 60.6 Å². The van der Waals surface area contributed by atoms with E-state index in [0.717, 1.165) is 23.6 Å². The van der Waals surface area contributed by atoms with Crippen molar-refractivity contribution in [3.63, 3.8) is 0 Å². The first-order valence-electron chi connectivity index (χ1n) is 8.91. The van der Waals surface area contributed by atoms with E-state index in [1.54, 1.807) is 6.07 Å². The number of hydrogen-bond donors (Lipinski definition) is 0. The van der Waals surface area contributed by atoms with Crippen molar-refractivity contribution in [3.05, 3.63) is 59.4 Å². The zero-order valence-corrected chi connectivity index (χ0v) is 15.7. The van der Waals surface area contributed by atoms with Gasteiger partial charge in [-0.25, -0.2) is 0 Å². The van der Waals surface area contributed by atoms with Crippen LogP contribution in [0.15, 0.2) is 52.9 Å². The number of aromatic nitrogens is 2. The Kier molecular flexibility index (Phi) is 5.27. The summed E-state index contributed by atoms with van der Waals surface area (Å²) in [4.78, 5) is 2.19. The minimum Gasteiger partial charge on any atom is -0.486 e. The molecule has 6 nitrogen and oxygen atoms in total. The summed E-state index contributed by atoms with van der Waals surface area (Å²) in [5.41, 5.74) is 0.738. The van der Waals surface area contributed by atoms with Gasteiger partial charge in [0.05, 0.1) is 17.1 Å². The van der Waals surface area contributed by atoms with Crippen LogP contribution in [-0.4, -0.2) is 40.9 Å². The molecule has 3 aromatic rings. The zero-order valence-electron chi connectivity index (χ0n) is 15.0. The number of fused-ring (bicyclic) bond motifs is 1. The molecule has 0 bridgehead atoms. The average Bonchev–Trinajstić information content (AvgIpc) is 3.16. The molecule has 1 aliphatic heterocycles. The summed E-state index contributed by atoms with van der Waals surface area (Å²) in [5, 5.41) is 8.88. The van der Waals surface area contributed by atoms with Gasteiger partial charge in [-0.05, 0) is 30.8 Å². The number of likely N-dealkylation sites (N-methyl/N-ethyl adjacent to an activating group) is 1. The summed E-state index contributed by atoms with van der Waals surface area (Å²) in [5.74, 6) is 2.54. The Labute approximate surface area is 162 Å². The van der Waals surface area contributed by atoms with E-state index in [1.807, 2.05) is 42.5 Å². The van der Waals surface area contributed by atoms with E-state index < -0.39 is 0 Å². The molecular formula is C20H20ClN3O3. The molecule has 0 amide bonds. The fraction of sp³-hybridized carbons (Fsp3) is 0.300. The molecule has 0 saturated heterocycles. The van der Waals surface area contributed by atoms with Crippen LogP contribution in [0.2, 0.25) is 5.02 Å². The average molecular weight is 386 g/mol. The van der Waals surface area contributed by atoms with Gasteiger partial charge in [0.15, 0.2) is 11.5 Å². The number of benzene rings is 2. The smallest absolute Gasteiger partial charge is 0.249 e. The van der Waals surface area contributed by atoms with Crippen molar-refractivity contribution in [2.24, 2.45) is 0 Å². The van der Waals surface area contributed by atoms with Gasteiger partial charge in [-0.1, -0.05) is 42.8 Å². The molecule has 2 heterocycles. The molecule has 27 heavy (non-hydrogen) atoms. The van der Waals surface area contributed by atoms with Crippen LogP contribution in [0.4, 0.5) is 0 Å². The van der Waals surface area contributed by atoms with Crippen molar-refractivity contribution >= 4 is 11.6 Å². The SMILES string of the molecule is CCN(Cc1nnc(-c2ccccc2Cl)o1)CC1COc2ccccc2O1. The monoisotopic (exact) mass is 385 g/mol. The van der Waals surface area contributed by atoms with Crippen LogP contribution in [0.5, 0.6) is 11.5 Å². The molecular weight excluding hydrogens is 366 g/mol. The number of rotatable bonds is 6. The van der Waals surface area contributed by atoms with Crippen molar-refractivity contribution in [3.8, 4) is 23.0 Å². The molecule has 1 aliphatic rings. The summed E-state index contributed by atoms with van der Waals surface area (Å²) in [7, 11) is 0. The third-order valence-electron chi connectivity index (χ3n) is 4.41. The first kappa shape index (κ1) is 17.8. The molecule has 7 heteroatoms. The predicted octanol–water partition coefficient (Wildman–Crippen LogP) is 4.05. The maximum atomic E-state index is 6.20. The highest BCUT2D eigenvalue weighted by Crippen LogP contribution is 2.31. The summed E-state index contributed by atoms with van der Waals surface area (Å²) in [6, 6.07) is 15.1. The van der Waals surface area contributed by atoms with Crippen LogP contribution < -0.4 is 9.47 Å². The third kappa shape index (κ3) is 4.07. The van der Waals surface area contributed by atoms with E-state index in [4.69, 9.17) is 25.5 Å². The van der Waals surface area contributed by atoms with Crippen molar-refractivity contribution in [1.82, 2.24) is 15.1 Å². The van der Waals surface area contributed by atoms with Crippen LogP contribution >= 0.6 is 11.6 Å². The summed E-state index contributed by atoms with van der Waals surface area (Å²) in [6.45, 7) is 4.67. The molecule has 1 atom stereocenters. The van der Waals surface area contributed by atoms with E-state index in [2.05, 4.69) is 22.0 Å². The minimum absolute atomic E-state index is 0.0502. The summed E-state index contributed by atoms with van der Waals surface area (Å²) < 4.78 is 17.6. The number of ether oxygens (including phenoxy) is 2. The Morgan fingerprint density at radius 1 is 1.07 bits per heavy atom. The van der Waals surface area contributed by atoms with Crippen molar-refractivity contribution < 1.29 is 13.9 Å². The van der Waals surface area contributed by atoms with Gasteiger partial charge in [-0.3, -0.25) is 4.90 Å². The van der Waals surface area contributed by atoms with Gasteiger partial charge in [0.2, 0.25) is 11.8 Å². The van der Waals surface area contributed by atoms with Gasteiger partial charge in [-0.15, -0.1) is 10.2 Å². The van der Waals surface area contributed by atoms with Gasteiger partial charge in [0.25, 0.3) is 0 Å². The normalized spacial score (nSPS) is 15.9. The third-order valence-corrected chi connectivity index (χ3v) is 4.74. The van der Waals surface area contributed by atoms with Crippen molar-refractivity contribution in [2.75, 3.05) is 19.7 Å². The quantitative estimate of drug-likeness (QED) is 0.638. The maximum absolute atomic E-state index is 6.20. The first-order chi connectivity index (χ1) is 13.2. The largest absolute Gasteiger partial charge is 0.486 e. The van der Waals surface area contributed by atoms with Crippen LogP contribution in [0.3, 0.4) is 0 Å². The first-order valence-corrected chi connectivity index (χ1v) is 9.29. The van der Waals surface area contributed by atoms with E-state index in [-0.39, 0.29) is 6.10 Å². The molecule has 140 valence electrons. The molecule has 2 aromatic carbocycles. The minimum atomic E-state index is -0.0502. The second-order valence-electron chi connectivity index (χ2n) is 6.31.